The van der Waals surface area contributed by atoms with Gasteiger partial charge in [-0.2, -0.15) is 8.78 Å². The van der Waals surface area contributed by atoms with Crippen LogP contribution >= 0.6 is 35.0 Å². The van der Waals surface area contributed by atoms with Crippen LogP contribution in [0.3, 0.4) is 0 Å². The molecule has 0 saturated carbocycles. The summed E-state index contributed by atoms with van der Waals surface area (Å²) < 4.78 is 39.0. The topological polar surface area (TPSA) is 104 Å². The molecule has 3 aromatic rings. The lowest BCUT2D eigenvalue weighted by atomic mass is 10.1. The maximum atomic E-state index is 14.2. The number of hydrogen-bond donors (Lipinski definition) is 2. The Kier molecular flexibility index (Phi) is 7.58. The number of alkyl halides is 3. The Morgan fingerprint density at radius 1 is 1.12 bits per heavy atom. The second kappa shape index (κ2) is 11.1. The molecule has 1 aromatic heterocycles. The summed E-state index contributed by atoms with van der Waals surface area (Å²) in [6, 6.07) is 8.11. The molecule has 14 heteroatoms. The molecule has 0 atom stereocenters. The van der Waals surface area contributed by atoms with Crippen molar-refractivity contribution in [1.82, 2.24) is 15.2 Å². The Morgan fingerprint density at radius 3 is 2.60 bits per heavy atom. The van der Waals surface area contributed by atoms with Crippen molar-refractivity contribution in [3.05, 3.63) is 79.2 Å². The van der Waals surface area contributed by atoms with Crippen molar-refractivity contribution in [2.24, 2.45) is 0 Å². The lowest BCUT2D eigenvalue weighted by Gasteiger charge is -2.28. The maximum Gasteiger partial charge on any atom is 0.414 e. The summed E-state index contributed by atoms with van der Waals surface area (Å²) in [5, 5.41) is -0.281. The number of nitrogens with zero attached hydrogens (tertiary/aromatic N) is 2. The first-order chi connectivity index (χ1) is 20.0. The zero-order valence-electron chi connectivity index (χ0n) is 22.2. The molecule has 0 radical (unpaired) electrons. The normalized spacial score (nSPS) is 16.4. The molecule has 2 N–H and O–H groups in total. The Labute approximate surface area is 253 Å². The van der Waals surface area contributed by atoms with Crippen molar-refractivity contribution < 1.29 is 27.8 Å². The number of benzene rings is 2. The van der Waals surface area contributed by atoms with Gasteiger partial charge in [-0.05, 0) is 64.5 Å². The number of halogens is 4. The van der Waals surface area contributed by atoms with Crippen molar-refractivity contribution in [2.45, 2.75) is 47.8 Å². The lowest BCUT2D eigenvalue weighted by molar-refractivity contribution is 0.0740. The van der Waals surface area contributed by atoms with E-state index in [4.69, 9.17) is 32.7 Å². The fourth-order valence-corrected chi connectivity index (χ4v) is 6.94. The third-order valence-corrected chi connectivity index (χ3v) is 9.27. The predicted octanol–water partition coefficient (Wildman–Crippen LogP) is 5.58. The van der Waals surface area contributed by atoms with Gasteiger partial charge in [0.05, 0.1) is 24.4 Å². The molecule has 2 amide bonds. The number of ether oxygens (including phenoxy) is 2. The van der Waals surface area contributed by atoms with Gasteiger partial charge in [0.2, 0.25) is 0 Å². The third-order valence-electron chi connectivity index (χ3n) is 7.43. The number of hydrogen-bond acceptors (Lipinski definition) is 7. The van der Waals surface area contributed by atoms with Gasteiger partial charge in [0.1, 0.15) is 17.0 Å². The van der Waals surface area contributed by atoms with Crippen molar-refractivity contribution in [2.75, 3.05) is 25.2 Å². The highest BCUT2D eigenvalue weighted by atomic mass is 35.5. The summed E-state index contributed by atoms with van der Waals surface area (Å²) in [6.45, 7) is 2.15. The third kappa shape index (κ3) is 5.21. The number of amides is 2. The highest BCUT2D eigenvalue weighted by Gasteiger charge is 2.35. The number of fused-ring (bicyclic) bond motifs is 2. The molecule has 0 aliphatic carbocycles. The summed E-state index contributed by atoms with van der Waals surface area (Å²) >= 11 is 12.8. The first-order valence-electron chi connectivity index (χ1n) is 13.0. The van der Waals surface area contributed by atoms with Gasteiger partial charge in [0.25, 0.3) is 11.5 Å². The second-order valence-corrected chi connectivity index (χ2v) is 12.0. The van der Waals surface area contributed by atoms with Crippen LogP contribution in [0.15, 0.2) is 44.9 Å². The number of carbonyl (C=O) groups is 2. The molecule has 0 unspecified atom stereocenters. The Morgan fingerprint density at radius 2 is 1.88 bits per heavy atom. The minimum absolute atomic E-state index is 0.00608. The number of aromatic amines is 1. The zero-order valence-corrected chi connectivity index (χ0v) is 24.5. The zero-order chi connectivity index (χ0) is 29.8. The van der Waals surface area contributed by atoms with Crippen LogP contribution in [0.5, 0.6) is 5.75 Å². The standard InChI is InChI=1S/C28H24Cl2F2N4O5S/c1-40-20-8-16-13-35(12-15(16)7-19(20)36-5-2-6-41-27(36)39)26(38)23-21(9-22(28(30,31)32)34-25(23)37)42-24-17-11-33-10-14(17)3-4-18(24)29/h3-4,7-9,33H,2,5-6,10-13H2,1H3,(H,34,37). The fourth-order valence-electron chi connectivity index (χ4n) is 5.38. The number of pyridine rings is 1. The highest BCUT2D eigenvalue weighted by molar-refractivity contribution is 7.99. The quantitative estimate of drug-likeness (QED) is 0.340. The van der Waals surface area contributed by atoms with Gasteiger partial charge >= 0.3 is 11.5 Å². The molecular formula is C28H24Cl2F2N4O5S. The van der Waals surface area contributed by atoms with Gasteiger partial charge in [0, 0.05) is 42.5 Å². The van der Waals surface area contributed by atoms with Gasteiger partial charge in [-0.1, -0.05) is 29.4 Å². The van der Waals surface area contributed by atoms with Gasteiger partial charge in [-0.25, -0.2) is 4.79 Å². The minimum atomic E-state index is -3.87. The van der Waals surface area contributed by atoms with Crippen molar-refractivity contribution in [1.29, 1.82) is 0 Å². The van der Waals surface area contributed by atoms with E-state index in [1.807, 2.05) is 6.07 Å². The molecule has 1 saturated heterocycles. The Balaban J connectivity index is 1.37. The summed E-state index contributed by atoms with van der Waals surface area (Å²) in [7, 11) is 1.48. The second-order valence-electron chi connectivity index (χ2n) is 10.0. The van der Waals surface area contributed by atoms with Gasteiger partial charge in [0.15, 0.2) is 0 Å². The Hall–Kier alpha value is -3.32. The molecule has 2 aromatic carbocycles. The molecular weight excluding hydrogens is 613 g/mol. The van der Waals surface area contributed by atoms with Crippen LogP contribution in [0.1, 0.15) is 44.7 Å². The molecule has 220 valence electrons. The Bertz CT molecular complexity index is 1680. The van der Waals surface area contributed by atoms with E-state index in [1.54, 1.807) is 18.2 Å². The number of anilines is 1. The van der Waals surface area contributed by atoms with Crippen molar-refractivity contribution >= 4 is 52.7 Å². The predicted molar refractivity (Wildman–Crippen MR) is 153 cm³/mol. The maximum absolute atomic E-state index is 14.2. The van der Waals surface area contributed by atoms with Gasteiger partial charge in [-0.15, -0.1) is 0 Å². The monoisotopic (exact) mass is 636 g/mol. The number of carbonyl (C=O) groups excluding carboxylic acids is 2. The molecule has 1 fully saturated rings. The average molecular weight is 637 g/mol. The molecule has 0 spiro atoms. The van der Waals surface area contributed by atoms with Gasteiger partial charge in [-0.3, -0.25) is 14.5 Å². The van der Waals surface area contributed by atoms with Crippen LogP contribution in [0.4, 0.5) is 19.3 Å². The largest absolute Gasteiger partial charge is 0.495 e. The van der Waals surface area contributed by atoms with E-state index in [0.29, 0.717) is 54.0 Å². The van der Waals surface area contributed by atoms with Crippen LogP contribution < -0.4 is 20.5 Å². The molecule has 6 rings (SSSR count). The molecule has 4 heterocycles. The smallest absolute Gasteiger partial charge is 0.414 e. The van der Waals surface area contributed by atoms with E-state index in [1.165, 1.54) is 16.9 Å². The average Bonchev–Trinajstić information content (AvgIpc) is 3.60. The van der Waals surface area contributed by atoms with E-state index >= 15 is 0 Å². The number of H-pyrrole nitrogens is 1. The van der Waals surface area contributed by atoms with Crippen molar-refractivity contribution in [3.8, 4) is 5.75 Å². The summed E-state index contributed by atoms with van der Waals surface area (Å²) in [5.41, 5.74) is 1.76. The molecule has 3 aliphatic rings. The molecule has 3 aliphatic heterocycles. The number of rotatable bonds is 6. The van der Waals surface area contributed by atoms with Gasteiger partial charge < -0.3 is 24.7 Å². The number of aromatic nitrogens is 1. The number of cyclic esters (lactones) is 1. The van der Waals surface area contributed by atoms with E-state index in [9.17, 15) is 23.2 Å². The molecule has 42 heavy (non-hydrogen) atoms. The number of methoxy groups -OCH3 is 1. The fraction of sp³-hybridized carbons (Fsp3) is 0.321. The van der Waals surface area contributed by atoms with Crippen LogP contribution in [0, 0.1) is 0 Å². The summed E-state index contributed by atoms with van der Waals surface area (Å²) in [6.07, 6.45) is 0.165. The van der Waals surface area contributed by atoms with Crippen LogP contribution in [0.2, 0.25) is 5.02 Å². The van der Waals surface area contributed by atoms with E-state index in [0.717, 1.165) is 40.1 Å². The van der Waals surface area contributed by atoms with Crippen molar-refractivity contribution in [3.63, 3.8) is 0 Å². The first-order valence-corrected chi connectivity index (χ1v) is 14.6. The van der Waals surface area contributed by atoms with Crippen LogP contribution in [0.25, 0.3) is 0 Å². The summed E-state index contributed by atoms with van der Waals surface area (Å²) in [5.74, 6) is -0.218. The molecule has 0 bridgehead atoms. The number of nitrogens with one attached hydrogen (secondary N) is 2. The minimum Gasteiger partial charge on any atom is -0.495 e. The lowest BCUT2D eigenvalue weighted by Crippen LogP contribution is -2.38. The highest BCUT2D eigenvalue weighted by Crippen LogP contribution is 2.43. The van der Waals surface area contributed by atoms with E-state index in [2.05, 4.69) is 10.3 Å². The molecule has 9 nitrogen and oxygen atoms in total. The van der Waals surface area contributed by atoms with E-state index < -0.39 is 28.6 Å². The van der Waals surface area contributed by atoms with Crippen LogP contribution in [-0.4, -0.2) is 42.1 Å². The first kappa shape index (κ1) is 28.8. The van der Waals surface area contributed by atoms with Crippen LogP contribution in [-0.2, 0) is 36.3 Å². The van der Waals surface area contributed by atoms with E-state index in [-0.39, 0.29) is 23.5 Å². The summed E-state index contributed by atoms with van der Waals surface area (Å²) in [4.78, 5) is 45.2. The SMILES string of the molecule is COc1cc2c(cc1N1CCCOC1=O)CN(C(=O)c1c(Sc3c(Cl)ccc4c3CNC4)cc(C(F)(F)Cl)[nH]c1=O)C2.